The van der Waals surface area contributed by atoms with Crippen molar-refractivity contribution in [1.82, 2.24) is 9.46 Å². The van der Waals surface area contributed by atoms with Gasteiger partial charge in [0.2, 0.25) is 10.0 Å². The number of sulfonamides is 1. The molecule has 0 atom stereocenters. The summed E-state index contributed by atoms with van der Waals surface area (Å²) in [6, 6.07) is 15.7. The van der Waals surface area contributed by atoms with Gasteiger partial charge in [-0.1, -0.05) is 35.5 Å². The van der Waals surface area contributed by atoms with Crippen LogP contribution in [0.2, 0.25) is 0 Å². The highest BCUT2D eigenvalue weighted by molar-refractivity contribution is 7.89. The van der Waals surface area contributed by atoms with Crippen molar-refractivity contribution in [2.24, 2.45) is 0 Å². The fourth-order valence-electron chi connectivity index (χ4n) is 2.70. The molecule has 1 aromatic heterocycles. The smallest absolute Gasteiger partial charge is 0.306 e. The predicted molar refractivity (Wildman–Crippen MR) is 107 cm³/mol. The van der Waals surface area contributed by atoms with Gasteiger partial charge in [-0.3, -0.25) is 4.79 Å². The lowest BCUT2D eigenvalue weighted by molar-refractivity contribution is -0.145. The van der Waals surface area contributed by atoms with E-state index in [9.17, 15) is 17.6 Å². The lowest BCUT2D eigenvalue weighted by Gasteiger charge is -2.16. The summed E-state index contributed by atoms with van der Waals surface area (Å²) < 4.78 is 49.4. The maximum Gasteiger partial charge on any atom is 0.306 e. The van der Waals surface area contributed by atoms with Crippen molar-refractivity contribution in [2.45, 2.75) is 24.3 Å². The van der Waals surface area contributed by atoms with Gasteiger partial charge in [0.25, 0.3) is 0 Å². The van der Waals surface area contributed by atoms with Crippen molar-refractivity contribution < 1.29 is 26.9 Å². The maximum absolute atomic E-state index is 13.0. The third-order valence-corrected chi connectivity index (χ3v) is 6.25. The molecule has 30 heavy (non-hydrogen) atoms. The maximum atomic E-state index is 13.0. The molecule has 0 aliphatic carbocycles. The molecule has 2 aromatic carbocycles. The van der Waals surface area contributed by atoms with Gasteiger partial charge in [0, 0.05) is 31.6 Å². The zero-order chi connectivity index (χ0) is 21.6. The van der Waals surface area contributed by atoms with Gasteiger partial charge in [-0.15, -0.1) is 0 Å². The highest BCUT2D eigenvalue weighted by Crippen LogP contribution is 2.20. The Bertz CT molecular complexity index is 1080. The number of ether oxygens (including phenoxy) is 1. The number of benzene rings is 2. The molecule has 0 saturated heterocycles. The number of aromatic nitrogens is 1. The molecule has 0 amide bonds. The molecule has 1 heterocycles. The van der Waals surface area contributed by atoms with E-state index in [4.69, 9.17) is 9.26 Å². The Morgan fingerprint density at radius 2 is 1.83 bits per heavy atom. The van der Waals surface area contributed by atoms with E-state index >= 15 is 0 Å². The van der Waals surface area contributed by atoms with Gasteiger partial charge in [0.15, 0.2) is 5.76 Å². The highest BCUT2D eigenvalue weighted by atomic mass is 32.2. The Labute approximate surface area is 174 Å². The molecule has 0 radical (unpaired) electrons. The molecule has 0 N–H and O–H groups in total. The van der Waals surface area contributed by atoms with Crippen molar-refractivity contribution in [1.29, 1.82) is 0 Å². The molecule has 9 heteroatoms. The monoisotopic (exact) mass is 432 g/mol. The molecule has 3 aromatic rings. The lowest BCUT2D eigenvalue weighted by atomic mass is 10.2. The largest absolute Gasteiger partial charge is 0.459 e. The summed E-state index contributed by atoms with van der Waals surface area (Å²) in [5, 5.41) is 3.88. The average molecular weight is 432 g/mol. The fraction of sp³-hybridized carbons (Fsp3) is 0.238. The SMILES string of the molecule is CN(CCCC(=O)OCc1cc(-c2ccccc2)on1)S(=O)(=O)c1ccc(F)cc1. The molecule has 7 nitrogen and oxygen atoms in total. The van der Waals surface area contributed by atoms with Crippen LogP contribution in [0.1, 0.15) is 18.5 Å². The lowest BCUT2D eigenvalue weighted by Crippen LogP contribution is -2.28. The molecular weight excluding hydrogens is 411 g/mol. The minimum absolute atomic E-state index is 0.00534. The van der Waals surface area contributed by atoms with Gasteiger partial charge in [-0.2, -0.15) is 0 Å². The number of rotatable bonds is 9. The highest BCUT2D eigenvalue weighted by Gasteiger charge is 2.20. The first-order valence-electron chi connectivity index (χ1n) is 9.25. The summed E-state index contributed by atoms with van der Waals surface area (Å²) in [5.74, 6) is -0.400. The number of halogens is 1. The molecule has 0 spiro atoms. The molecule has 0 saturated carbocycles. The van der Waals surface area contributed by atoms with E-state index in [2.05, 4.69) is 5.16 Å². The Morgan fingerprint density at radius 3 is 2.53 bits per heavy atom. The Hall–Kier alpha value is -3.04. The molecule has 0 aliphatic rings. The van der Waals surface area contributed by atoms with Crippen LogP contribution in [0.15, 0.2) is 70.1 Å². The summed E-state index contributed by atoms with van der Waals surface area (Å²) in [7, 11) is -2.33. The summed E-state index contributed by atoms with van der Waals surface area (Å²) in [6.45, 7) is 0.0931. The van der Waals surface area contributed by atoms with E-state index in [0.29, 0.717) is 11.5 Å². The van der Waals surface area contributed by atoms with Crippen LogP contribution in [0.4, 0.5) is 4.39 Å². The van der Waals surface area contributed by atoms with Gasteiger partial charge in [0.05, 0.1) is 4.90 Å². The minimum atomic E-state index is -3.74. The molecule has 158 valence electrons. The number of carbonyl (C=O) groups excluding carboxylic acids is 1. The van der Waals surface area contributed by atoms with E-state index in [1.807, 2.05) is 30.3 Å². The number of hydrogen-bond donors (Lipinski definition) is 0. The van der Waals surface area contributed by atoms with Crippen molar-refractivity contribution in [3.05, 3.63) is 72.2 Å². The van der Waals surface area contributed by atoms with Crippen molar-refractivity contribution in [3.8, 4) is 11.3 Å². The molecule has 0 bridgehead atoms. The molecule has 0 fully saturated rings. The first kappa shape index (κ1) is 21.7. The van der Waals surface area contributed by atoms with E-state index in [1.54, 1.807) is 6.07 Å². The van der Waals surface area contributed by atoms with Crippen LogP contribution in [0.3, 0.4) is 0 Å². The van der Waals surface area contributed by atoms with Gasteiger partial charge >= 0.3 is 5.97 Å². The second-order valence-corrected chi connectivity index (χ2v) is 8.64. The fourth-order valence-corrected chi connectivity index (χ4v) is 3.91. The third kappa shape index (κ3) is 5.52. The van der Waals surface area contributed by atoms with Gasteiger partial charge in [-0.05, 0) is 30.7 Å². The standard InChI is InChI=1S/C21H21FN2O5S/c1-24(30(26,27)19-11-9-17(22)10-12-19)13-5-8-21(25)28-15-18-14-20(29-23-18)16-6-3-2-4-7-16/h2-4,6-7,9-12,14H,5,8,13,15H2,1H3. The topological polar surface area (TPSA) is 89.7 Å². The first-order chi connectivity index (χ1) is 14.4. The number of hydrogen-bond acceptors (Lipinski definition) is 6. The van der Waals surface area contributed by atoms with E-state index in [-0.39, 0.29) is 30.9 Å². The zero-order valence-electron chi connectivity index (χ0n) is 16.3. The summed E-state index contributed by atoms with van der Waals surface area (Å²) in [4.78, 5) is 11.9. The predicted octanol–water partition coefficient (Wildman–Crippen LogP) is 3.62. The quantitative estimate of drug-likeness (QED) is 0.480. The second kappa shape index (κ2) is 9.64. The van der Waals surface area contributed by atoms with Gasteiger partial charge < -0.3 is 9.26 Å². The van der Waals surface area contributed by atoms with Crippen LogP contribution in [0.5, 0.6) is 0 Å². The Kier molecular flexibility index (Phi) is 6.96. The van der Waals surface area contributed by atoms with Crippen LogP contribution in [-0.2, 0) is 26.2 Å². The molecule has 0 unspecified atom stereocenters. The zero-order valence-corrected chi connectivity index (χ0v) is 17.1. The summed E-state index contributed by atoms with van der Waals surface area (Å²) >= 11 is 0. The molecular formula is C21H21FN2O5S. The Balaban J connectivity index is 1.44. The van der Waals surface area contributed by atoms with Crippen LogP contribution >= 0.6 is 0 Å². The second-order valence-electron chi connectivity index (χ2n) is 6.59. The van der Waals surface area contributed by atoms with E-state index in [1.165, 1.54) is 19.2 Å². The normalized spacial score (nSPS) is 11.6. The number of carbonyl (C=O) groups is 1. The summed E-state index contributed by atoms with van der Waals surface area (Å²) in [6.07, 6.45) is 0.330. The van der Waals surface area contributed by atoms with Crippen LogP contribution < -0.4 is 0 Å². The van der Waals surface area contributed by atoms with Crippen LogP contribution in [0, 0.1) is 5.82 Å². The molecule has 0 aliphatic heterocycles. The van der Waals surface area contributed by atoms with Crippen LogP contribution in [0.25, 0.3) is 11.3 Å². The average Bonchev–Trinajstić information content (AvgIpc) is 3.22. The van der Waals surface area contributed by atoms with E-state index in [0.717, 1.165) is 22.0 Å². The summed E-state index contributed by atoms with van der Waals surface area (Å²) in [5.41, 5.74) is 1.35. The van der Waals surface area contributed by atoms with Crippen molar-refractivity contribution in [3.63, 3.8) is 0 Å². The molecule has 3 rings (SSSR count). The minimum Gasteiger partial charge on any atom is -0.459 e. The number of nitrogens with zero attached hydrogens (tertiary/aromatic N) is 2. The van der Waals surface area contributed by atoms with Crippen molar-refractivity contribution in [2.75, 3.05) is 13.6 Å². The van der Waals surface area contributed by atoms with E-state index < -0.39 is 21.8 Å². The first-order valence-corrected chi connectivity index (χ1v) is 10.7. The third-order valence-electron chi connectivity index (χ3n) is 4.37. The number of esters is 1. The van der Waals surface area contributed by atoms with Crippen LogP contribution in [-0.4, -0.2) is 37.4 Å². The van der Waals surface area contributed by atoms with Gasteiger partial charge in [0.1, 0.15) is 18.1 Å². The Morgan fingerprint density at radius 1 is 1.13 bits per heavy atom. The van der Waals surface area contributed by atoms with Crippen molar-refractivity contribution >= 4 is 16.0 Å². The van der Waals surface area contributed by atoms with Gasteiger partial charge in [-0.25, -0.2) is 17.1 Å².